The smallest absolute Gasteiger partial charge is 0.329 e. The molecule has 0 radical (unpaired) electrons. The van der Waals surface area contributed by atoms with Gasteiger partial charge in [0.15, 0.2) is 0 Å². The highest BCUT2D eigenvalue weighted by atomic mass is 16.7. The summed E-state index contributed by atoms with van der Waals surface area (Å²) in [5, 5.41) is 23.5. The summed E-state index contributed by atoms with van der Waals surface area (Å²) >= 11 is 0. The summed E-state index contributed by atoms with van der Waals surface area (Å²) in [5.74, 6) is -6.95. The third kappa shape index (κ3) is 10.4. The van der Waals surface area contributed by atoms with Gasteiger partial charge >= 0.3 is 5.97 Å². The molecule has 2 bridgehead atoms. The van der Waals surface area contributed by atoms with Crippen molar-refractivity contribution in [2.24, 2.45) is 29.6 Å². The molecular formula is C41H67NO10. The van der Waals surface area contributed by atoms with Crippen molar-refractivity contribution in [3.8, 4) is 0 Å². The summed E-state index contributed by atoms with van der Waals surface area (Å²) < 4.78 is 24.1. The normalized spacial score (nSPS) is 37.9. The fourth-order valence-electron chi connectivity index (χ4n) is 8.37. The van der Waals surface area contributed by atoms with E-state index in [-0.39, 0.29) is 43.4 Å². The molecule has 2 N–H and O–H groups in total. The fourth-order valence-corrected chi connectivity index (χ4v) is 8.37. The Bertz CT molecular complexity index is 1290. The van der Waals surface area contributed by atoms with Gasteiger partial charge in [-0.15, -0.1) is 0 Å². The summed E-state index contributed by atoms with van der Waals surface area (Å²) in [6.45, 7) is 15.6. The van der Waals surface area contributed by atoms with Gasteiger partial charge in [0, 0.05) is 44.9 Å². The SMILES string of the molecule is CCC(/C=C(\C)[C@H]1OC(=O)[C@@H]2CCCCN2C(=O)C(=O)[C@]2(O)O[C@H]([C@@H](OC)C[C@@H](C)C/C(C)=C/[C@@H](CC)C(=O)C[C@H](O)[C@H]1C)[C@@H](OC)C[C@H]2C)CC. The number of esters is 1. The molecular weight excluding hydrogens is 666 g/mol. The molecule has 52 heavy (non-hydrogen) atoms. The van der Waals surface area contributed by atoms with Crippen LogP contribution in [0.2, 0.25) is 0 Å². The number of aliphatic hydroxyl groups excluding tert-OH is 1. The molecule has 11 heteroatoms. The summed E-state index contributed by atoms with van der Waals surface area (Å²) in [6.07, 6.45) is 5.16. The van der Waals surface area contributed by atoms with E-state index >= 15 is 0 Å². The Hall–Kier alpha value is -2.44. The summed E-state index contributed by atoms with van der Waals surface area (Å²) in [6, 6.07) is -1.08. The molecule has 2 fully saturated rings. The topological polar surface area (TPSA) is 149 Å². The molecule has 0 aromatic carbocycles. The number of hydrogen-bond acceptors (Lipinski definition) is 10. The number of carbonyl (C=O) groups is 4. The average molecular weight is 734 g/mol. The second-order valence-electron chi connectivity index (χ2n) is 15.8. The third-order valence-electron chi connectivity index (χ3n) is 11.8. The predicted molar refractivity (Wildman–Crippen MR) is 198 cm³/mol. The summed E-state index contributed by atoms with van der Waals surface area (Å²) in [4.78, 5) is 57.2. The molecule has 296 valence electrons. The molecule has 0 aromatic rings. The zero-order chi connectivity index (χ0) is 38.9. The van der Waals surface area contributed by atoms with Crippen molar-refractivity contribution >= 4 is 23.4 Å². The number of ether oxygens (including phenoxy) is 4. The molecule has 3 heterocycles. The molecule has 3 rings (SSSR count). The first-order valence-corrected chi connectivity index (χ1v) is 19.6. The largest absolute Gasteiger partial charge is 0.456 e. The van der Waals surface area contributed by atoms with E-state index in [1.165, 1.54) is 4.90 Å². The molecule has 11 atom stereocenters. The first kappa shape index (κ1) is 44.0. The number of carbonyl (C=O) groups excluding carboxylic acids is 4. The molecule has 0 aromatic heterocycles. The van der Waals surface area contributed by atoms with Crippen LogP contribution in [0.15, 0.2) is 23.3 Å². The van der Waals surface area contributed by atoms with Crippen molar-refractivity contribution in [3.05, 3.63) is 23.3 Å². The zero-order valence-electron chi connectivity index (χ0n) is 33.4. The minimum absolute atomic E-state index is 0.0577. The Morgan fingerprint density at radius 1 is 1.02 bits per heavy atom. The second kappa shape index (κ2) is 19.8. The summed E-state index contributed by atoms with van der Waals surface area (Å²) in [5.41, 5.74) is 1.77. The maximum Gasteiger partial charge on any atom is 0.329 e. The third-order valence-corrected chi connectivity index (χ3v) is 11.8. The first-order chi connectivity index (χ1) is 24.6. The molecule has 0 aliphatic carbocycles. The number of hydrogen-bond donors (Lipinski definition) is 2. The van der Waals surface area contributed by atoms with Gasteiger partial charge in [0.1, 0.15) is 24.0 Å². The lowest BCUT2D eigenvalue weighted by molar-refractivity contribution is -0.302. The van der Waals surface area contributed by atoms with Crippen LogP contribution in [-0.4, -0.2) is 102 Å². The number of amides is 1. The molecule has 0 saturated carbocycles. The van der Waals surface area contributed by atoms with E-state index in [9.17, 15) is 29.4 Å². The van der Waals surface area contributed by atoms with Crippen molar-refractivity contribution in [1.82, 2.24) is 4.90 Å². The van der Waals surface area contributed by atoms with Crippen molar-refractivity contribution in [2.45, 2.75) is 162 Å². The highest BCUT2D eigenvalue weighted by Gasteiger charge is 2.56. The molecule has 1 amide bonds. The highest BCUT2D eigenvalue weighted by molar-refractivity contribution is 6.39. The number of allylic oxidation sites excluding steroid dienone is 3. The van der Waals surface area contributed by atoms with Crippen LogP contribution in [0, 0.1) is 29.6 Å². The van der Waals surface area contributed by atoms with Crippen LogP contribution in [0.1, 0.15) is 120 Å². The highest BCUT2D eigenvalue weighted by Crippen LogP contribution is 2.39. The van der Waals surface area contributed by atoms with Gasteiger partial charge in [-0.3, -0.25) is 14.4 Å². The van der Waals surface area contributed by atoms with Crippen LogP contribution in [0.25, 0.3) is 0 Å². The number of rotatable bonds is 7. The van der Waals surface area contributed by atoms with E-state index in [0.29, 0.717) is 32.1 Å². The minimum atomic E-state index is -2.47. The van der Waals surface area contributed by atoms with Crippen molar-refractivity contribution in [2.75, 3.05) is 20.8 Å². The monoisotopic (exact) mass is 733 g/mol. The number of nitrogens with zero attached hydrogens (tertiary/aromatic N) is 1. The van der Waals surface area contributed by atoms with Crippen LogP contribution in [0.3, 0.4) is 0 Å². The second-order valence-corrected chi connectivity index (χ2v) is 15.8. The number of piperidine rings is 1. The van der Waals surface area contributed by atoms with Crippen molar-refractivity contribution in [3.63, 3.8) is 0 Å². The molecule has 2 saturated heterocycles. The van der Waals surface area contributed by atoms with Gasteiger partial charge in [-0.1, -0.05) is 59.3 Å². The molecule has 0 unspecified atom stereocenters. The number of ketones is 2. The number of methoxy groups -OCH3 is 2. The molecule has 3 aliphatic heterocycles. The van der Waals surface area contributed by atoms with Crippen LogP contribution in [0.4, 0.5) is 0 Å². The Balaban J connectivity index is 2.13. The standard InChI is InChI=1S/C41H67NO10/c1-11-29(12-2)21-26(6)36-28(8)32(43)23-33(44)30(13-3)19-24(4)18-25(5)20-34(49-9)37-35(50-10)22-27(7)41(48,52-37)38(45)39(46)42-17-15-14-16-31(42)40(47)51-36/h19,21,25,27-32,34-37,43,48H,11-18,20,22-23H2,1-10H3/b24-19+,26-21+/t25-,27+,28+,30+,31-,32-,34-,35-,36+,37+,41+/m0/s1. The van der Waals surface area contributed by atoms with Gasteiger partial charge in [0.05, 0.1) is 18.3 Å². The minimum Gasteiger partial charge on any atom is -0.456 e. The molecule has 11 nitrogen and oxygen atoms in total. The Morgan fingerprint density at radius 3 is 2.25 bits per heavy atom. The Labute approximate surface area is 311 Å². The zero-order valence-corrected chi connectivity index (χ0v) is 33.4. The van der Waals surface area contributed by atoms with Gasteiger partial charge in [-0.25, -0.2) is 4.79 Å². The maximum absolute atomic E-state index is 14.1. The predicted octanol–water partition coefficient (Wildman–Crippen LogP) is 5.73. The average Bonchev–Trinajstić information content (AvgIpc) is 3.13. The van der Waals surface area contributed by atoms with Gasteiger partial charge in [-0.05, 0) is 89.0 Å². The first-order valence-electron chi connectivity index (χ1n) is 19.6. The van der Waals surface area contributed by atoms with E-state index in [1.807, 2.05) is 26.8 Å². The van der Waals surface area contributed by atoms with E-state index in [4.69, 9.17) is 18.9 Å². The van der Waals surface area contributed by atoms with Crippen molar-refractivity contribution in [1.29, 1.82) is 0 Å². The van der Waals surface area contributed by atoms with Gasteiger partial charge in [0.2, 0.25) is 5.79 Å². The number of cyclic esters (lactones) is 1. The number of aliphatic hydroxyl groups is 2. The summed E-state index contributed by atoms with van der Waals surface area (Å²) in [7, 11) is 3.08. The lowest BCUT2D eigenvalue weighted by Crippen LogP contribution is -2.64. The lowest BCUT2D eigenvalue weighted by Gasteiger charge is -2.47. The van der Waals surface area contributed by atoms with E-state index < -0.39 is 77.8 Å². The lowest BCUT2D eigenvalue weighted by atomic mass is 9.82. The number of fused-ring (bicyclic) bond motifs is 3. The van der Waals surface area contributed by atoms with Crippen LogP contribution >= 0.6 is 0 Å². The maximum atomic E-state index is 14.1. The Morgan fingerprint density at radius 2 is 1.65 bits per heavy atom. The quantitative estimate of drug-likeness (QED) is 0.189. The van der Waals surface area contributed by atoms with Gasteiger partial charge in [0.25, 0.3) is 11.7 Å². The van der Waals surface area contributed by atoms with Crippen molar-refractivity contribution < 1.29 is 48.3 Å². The molecule has 0 spiro atoms. The van der Waals surface area contributed by atoms with Crippen LogP contribution < -0.4 is 0 Å². The molecule has 3 aliphatic rings. The number of Topliss-reactive ketones (excluding diaryl/α,β-unsaturated/α-hetero) is 2. The van der Waals surface area contributed by atoms with E-state index in [2.05, 4.69) is 26.8 Å². The van der Waals surface area contributed by atoms with E-state index in [1.54, 1.807) is 28.1 Å². The fraction of sp³-hybridized carbons (Fsp3) is 0.805. The van der Waals surface area contributed by atoms with Gasteiger partial charge in [-0.2, -0.15) is 0 Å². The van der Waals surface area contributed by atoms with E-state index in [0.717, 1.165) is 24.0 Å². The Kier molecular flexibility index (Phi) is 16.7. The van der Waals surface area contributed by atoms with Crippen LogP contribution in [-0.2, 0) is 38.1 Å². The van der Waals surface area contributed by atoms with Gasteiger partial charge < -0.3 is 34.1 Å². The van der Waals surface area contributed by atoms with Crippen LogP contribution in [0.5, 0.6) is 0 Å².